The molecule has 2 saturated heterocycles. The molecule has 1 aromatic carbocycles. The van der Waals surface area contributed by atoms with Crippen LogP contribution in [0.3, 0.4) is 0 Å². The van der Waals surface area contributed by atoms with Gasteiger partial charge < -0.3 is 10.2 Å². The molecule has 0 radical (unpaired) electrons. The van der Waals surface area contributed by atoms with Crippen molar-refractivity contribution >= 4 is 15.9 Å². The highest BCUT2D eigenvalue weighted by Crippen LogP contribution is 2.19. The number of rotatable bonds is 3. The summed E-state index contributed by atoms with van der Waals surface area (Å²) in [6.07, 6.45) is 0.722. The average Bonchev–Trinajstić information content (AvgIpc) is 2.95. The maximum absolute atomic E-state index is 12.4. The molecular weight excluding hydrogens is 326 g/mol. The molecule has 1 N–H and O–H groups in total. The maximum Gasteiger partial charge on any atom is 0.317 e. The molecule has 2 aliphatic heterocycles. The summed E-state index contributed by atoms with van der Waals surface area (Å²) in [6.45, 7) is 4.75. The zero-order valence-corrected chi connectivity index (χ0v) is 14.8. The molecule has 6 nitrogen and oxygen atoms in total. The predicted octanol–water partition coefficient (Wildman–Crippen LogP) is 1.26. The van der Waals surface area contributed by atoms with E-state index >= 15 is 0 Å². The van der Waals surface area contributed by atoms with E-state index < -0.39 is 9.84 Å². The smallest absolute Gasteiger partial charge is 0.317 e. The Labute approximate surface area is 143 Å². The van der Waals surface area contributed by atoms with E-state index in [1.165, 1.54) is 0 Å². The number of carbonyl (C=O) groups is 1. The first-order valence-corrected chi connectivity index (χ1v) is 10.3. The molecule has 0 aromatic heterocycles. The lowest BCUT2D eigenvalue weighted by molar-refractivity contribution is 0.114. The highest BCUT2D eigenvalue weighted by molar-refractivity contribution is 7.91. The van der Waals surface area contributed by atoms with Crippen LogP contribution in [0.5, 0.6) is 0 Å². The molecule has 24 heavy (non-hydrogen) atoms. The first kappa shape index (κ1) is 17.2. The van der Waals surface area contributed by atoms with Gasteiger partial charge in [-0.15, -0.1) is 0 Å². The Balaban J connectivity index is 1.49. The van der Waals surface area contributed by atoms with Crippen molar-refractivity contribution in [1.82, 2.24) is 15.1 Å². The van der Waals surface area contributed by atoms with Crippen LogP contribution in [0.1, 0.15) is 24.9 Å². The third-order valence-electron chi connectivity index (χ3n) is 4.97. The molecular formula is C17H25N3O3S. The van der Waals surface area contributed by atoms with E-state index in [1.807, 2.05) is 42.2 Å². The van der Waals surface area contributed by atoms with Gasteiger partial charge in [0.15, 0.2) is 9.84 Å². The molecule has 3 rings (SSSR count). The summed E-state index contributed by atoms with van der Waals surface area (Å²) in [5.74, 6) is 0.567. The van der Waals surface area contributed by atoms with Crippen LogP contribution in [0.15, 0.2) is 30.3 Å². The van der Waals surface area contributed by atoms with E-state index in [0.717, 1.165) is 25.1 Å². The van der Waals surface area contributed by atoms with Gasteiger partial charge in [0, 0.05) is 32.2 Å². The Kier molecular flexibility index (Phi) is 5.10. The van der Waals surface area contributed by atoms with Crippen LogP contribution in [0, 0.1) is 0 Å². The van der Waals surface area contributed by atoms with E-state index in [4.69, 9.17) is 0 Å². The molecule has 7 heteroatoms. The summed E-state index contributed by atoms with van der Waals surface area (Å²) in [4.78, 5) is 16.4. The summed E-state index contributed by atoms with van der Waals surface area (Å²) in [7, 11) is -2.86. The van der Waals surface area contributed by atoms with Crippen LogP contribution in [0.4, 0.5) is 4.79 Å². The van der Waals surface area contributed by atoms with Gasteiger partial charge in [0.05, 0.1) is 17.5 Å². The second-order valence-electron chi connectivity index (χ2n) is 6.66. The number of carbonyl (C=O) groups excluding carboxylic acids is 1. The molecule has 0 bridgehead atoms. The summed E-state index contributed by atoms with van der Waals surface area (Å²) in [6, 6.07) is 9.94. The number of nitrogens with one attached hydrogen (secondary N) is 1. The molecule has 2 aliphatic rings. The lowest BCUT2D eigenvalue weighted by atomic mass is 10.1. The highest BCUT2D eigenvalue weighted by atomic mass is 32.2. The van der Waals surface area contributed by atoms with Gasteiger partial charge >= 0.3 is 6.03 Å². The normalized spacial score (nSPS) is 25.4. The first-order valence-electron chi connectivity index (χ1n) is 8.49. The van der Waals surface area contributed by atoms with Crippen LogP contribution in [0.25, 0.3) is 0 Å². The minimum atomic E-state index is -2.86. The molecule has 0 saturated carbocycles. The first-order chi connectivity index (χ1) is 11.4. The predicted molar refractivity (Wildman–Crippen MR) is 93.6 cm³/mol. The van der Waals surface area contributed by atoms with Crippen molar-refractivity contribution in [3.8, 4) is 0 Å². The zero-order chi connectivity index (χ0) is 17.2. The van der Waals surface area contributed by atoms with Crippen molar-refractivity contribution in [2.24, 2.45) is 0 Å². The van der Waals surface area contributed by atoms with E-state index in [0.29, 0.717) is 18.8 Å². The lowest BCUT2D eigenvalue weighted by Crippen LogP contribution is -2.54. The molecule has 2 fully saturated rings. The van der Waals surface area contributed by atoms with Crippen molar-refractivity contribution in [3.05, 3.63) is 35.9 Å². The number of piperazine rings is 1. The minimum Gasteiger partial charge on any atom is -0.331 e. The summed E-state index contributed by atoms with van der Waals surface area (Å²) >= 11 is 0. The van der Waals surface area contributed by atoms with Crippen molar-refractivity contribution in [3.63, 3.8) is 0 Å². The second kappa shape index (κ2) is 7.11. The van der Waals surface area contributed by atoms with E-state index in [2.05, 4.69) is 10.2 Å². The Morgan fingerprint density at radius 3 is 2.42 bits per heavy atom. The Bertz CT molecular complexity index is 670. The molecule has 0 spiro atoms. The third kappa shape index (κ3) is 4.08. The third-order valence-corrected chi connectivity index (χ3v) is 6.72. The van der Waals surface area contributed by atoms with Crippen molar-refractivity contribution in [2.75, 3.05) is 37.7 Å². The number of nitrogens with zero attached hydrogens (tertiary/aromatic N) is 2. The standard InChI is InChI=1S/C17H25N3O3S/c1-14(15-5-3-2-4-6-15)18-17(21)20-10-8-19(9-11-20)16-7-12-24(22,23)13-16/h2-6,14,16H,7-13H2,1H3,(H,18,21). The Morgan fingerprint density at radius 2 is 1.83 bits per heavy atom. The van der Waals surface area contributed by atoms with Gasteiger partial charge in [-0.2, -0.15) is 0 Å². The molecule has 2 heterocycles. The summed E-state index contributed by atoms with van der Waals surface area (Å²) in [5, 5.41) is 3.04. The van der Waals surface area contributed by atoms with Gasteiger partial charge in [-0.1, -0.05) is 30.3 Å². The van der Waals surface area contributed by atoms with Gasteiger partial charge in [0.1, 0.15) is 0 Å². The Hall–Kier alpha value is -1.60. The van der Waals surface area contributed by atoms with Gasteiger partial charge in [-0.25, -0.2) is 13.2 Å². The van der Waals surface area contributed by atoms with Gasteiger partial charge in [0.25, 0.3) is 0 Å². The number of benzene rings is 1. The number of hydrogen-bond donors (Lipinski definition) is 1. The largest absolute Gasteiger partial charge is 0.331 e. The fourth-order valence-electron chi connectivity index (χ4n) is 3.46. The number of sulfone groups is 1. The number of amides is 2. The quantitative estimate of drug-likeness (QED) is 0.890. The maximum atomic E-state index is 12.4. The monoisotopic (exact) mass is 351 g/mol. The van der Waals surface area contributed by atoms with Crippen molar-refractivity contribution < 1.29 is 13.2 Å². The van der Waals surface area contributed by atoms with E-state index in [9.17, 15) is 13.2 Å². The highest BCUT2D eigenvalue weighted by Gasteiger charge is 2.34. The lowest BCUT2D eigenvalue weighted by Gasteiger charge is -2.38. The average molecular weight is 351 g/mol. The molecule has 2 unspecified atom stereocenters. The molecule has 2 atom stereocenters. The number of urea groups is 1. The van der Waals surface area contributed by atoms with Gasteiger partial charge in [0.2, 0.25) is 0 Å². The summed E-state index contributed by atoms with van der Waals surface area (Å²) < 4.78 is 23.2. The van der Waals surface area contributed by atoms with Crippen LogP contribution >= 0.6 is 0 Å². The van der Waals surface area contributed by atoms with E-state index in [-0.39, 0.29) is 23.9 Å². The van der Waals surface area contributed by atoms with Crippen molar-refractivity contribution in [1.29, 1.82) is 0 Å². The van der Waals surface area contributed by atoms with Gasteiger partial charge in [-0.3, -0.25) is 4.90 Å². The van der Waals surface area contributed by atoms with Crippen LogP contribution in [-0.4, -0.2) is 68.0 Å². The molecule has 1 aromatic rings. The molecule has 132 valence electrons. The minimum absolute atomic E-state index is 0.0308. The van der Waals surface area contributed by atoms with E-state index in [1.54, 1.807) is 0 Å². The van der Waals surface area contributed by atoms with Crippen molar-refractivity contribution in [2.45, 2.75) is 25.4 Å². The zero-order valence-electron chi connectivity index (χ0n) is 14.0. The fourth-order valence-corrected chi connectivity index (χ4v) is 5.22. The second-order valence-corrected chi connectivity index (χ2v) is 8.89. The fraction of sp³-hybridized carbons (Fsp3) is 0.588. The van der Waals surface area contributed by atoms with Crippen LogP contribution in [-0.2, 0) is 9.84 Å². The number of hydrogen-bond acceptors (Lipinski definition) is 4. The molecule has 2 amide bonds. The Morgan fingerprint density at radius 1 is 1.17 bits per heavy atom. The SMILES string of the molecule is CC(NC(=O)N1CCN(C2CCS(=O)(=O)C2)CC1)c1ccccc1. The topological polar surface area (TPSA) is 69.7 Å². The van der Waals surface area contributed by atoms with Crippen LogP contribution in [0.2, 0.25) is 0 Å². The molecule has 0 aliphatic carbocycles. The summed E-state index contributed by atoms with van der Waals surface area (Å²) in [5.41, 5.74) is 1.08. The van der Waals surface area contributed by atoms with Gasteiger partial charge in [-0.05, 0) is 18.9 Å². The van der Waals surface area contributed by atoms with Crippen LogP contribution < -0.4 is 5.32 Å².